The predicted molar refractivity (Wildman–Crippen MR) is 175 cm³/mol. The quantitative estimate of drug-likeness (QED) is 0.212. The fourth-order valence-electron chi connectivity index (χ4n) is 7.17. The molecule has 2 saturated heterocycles. The molecule has 0 spiro atoms. The van der Waals surface area contributed by atoms with Gasteiger partial charge in [-0.3, -0.25) is 19.2 Å². The third-order valence-corrected chi connectivity index (χ3v) is 10.2. The third kappa shape index (κ3) is 7.66. The van der Waals surface area contributed by atoms with E-state index in [-0.39, 0.29) is 47.8 Å². The van der Waals surface area contributed by atoms with Crippen LogP contribution in [0, 0.1) is 11.8 Å². The van der Waals surface area contributed by atoms with Gasteiger partial charge in [0.25, 0.3) is 11.8 Å². The third-order valence-electron chi connectivity index (χ3n) is 10.2. The van der Waals surface area contributed by atoms with E-state index in [2.05, 4.69) is 31.9 Å². The lowest BCUT2D eigenvalue weighted by Gasteiger charge is -2.30. The summed E-state index contributed by atoms with van der Waals surface area (Å²) < 4.78 is 3.99. The summed E-state index contributed by atoms with van der Waals surface area (Å²) in [6.45, 7) is 3.27. The van der Waals surface area contributed by atoms with Crippen molar-refractivity contribution in [1.29, 1.82) is 0 Å². The Hall–Kier alpha value is -3.64. The minimum absolute atomic E-state index is 0.0235. The molecule has 7 rings (SSSR count). The molecule has 5 aliphatic rings. The van der Waals surface area contributed by atoms with E-state index in [0.717, 1.165) is 77.5 Å². The molecule has 12 heteroatoms. The van der Waals surface area contributed by atoms with Gasteiger partial charge >= 0.3 is 0 Å². The standard InChI is InChI=1S/C34H48N8O4/c43-31(27-3-1-13-35-27)39-25-15-29(41(19-25)17-21-5-6-21)33(45)37-23-9-11-24(12-10-23)38-34(46)30-16-26(20-42(30)18-22-7-8-22)40-32(44)28-4-2-14-36-28/h15-16,19-24,27-28,35-36H,1-14,17-18H2,(H,37,45)(H,38,46)(H,39,43)(H,40,44). The molecule has 4 heterocycles. The molecule has 0 radical (unpaired) electrons. The van der Waals surface area contributed by atoms with Crippen molar-refractivity contribution in [1.82, 2.24) is 30.4 Å². The van der Waals surface area contributed by atoms with E-state index in [0.29, 0.717) is 34.6 Å². The number of nitrogens with one attached hydrogen (secondary N) is 6. The van der Waals surface area contributed by atoms with Gasteiger partial charge in [-0.15, -0.1) is 0 Å². The van der Waals surface area contributed by atoms with Crippen LogP contribution in [0.25, 0.3) is 0 Å². The zero-order valence-electron chi connectivity index (χ0n) is 26.6. The maximum Gasteiger partial charge on any atom is 0.268 e. The summed E-state index contributed by atoms with van der Waals surface area (Å²) in [4.78, 5) is 52.3. The Morgan fingerprint density at radius 1 is 0.609 bits per heavy atom. The summed E-state index contributed by atoms with van der Waals surface area (Å²) in [5.74, 6) is 0.840. The minimum Gasteiger partial charge on any atom is -0.348 e. The number of aromatic nitrogens is 2. The second-order valence-electron chi connectivity index (χ2n) is 14.2. The predicted octanol–water partition coefficient (Wildman–Crippen LogP) is 2.96. The Kier molecular flexibility index (Phi) is 9.17. The molecule has 3 aliphatic carbocycles. The Morgan fingerprint density at radius 3 is 1.37 bits per heavy atom. The highest BCUT2D eigenvalue weighted by atomic mass is 16.2. The summed E-state index contributed by atoms with van der Waals surface area (Å²) >= 11 is 0. The number of anilines is 2. The number of carbonyl (C=O) groups is 4. The summed E-state index contributed by atoms with van der Waals surface area (Å²) in [5, 5.41) is 18.9. The molecule has 248 valence electrons. The molecular weight excluding hydrogens is 584 g/mol. The van der Waals surface area contributed by atoms with Crippen LogP contribution in [0.5, 0.6) is 0 Å². The zero-order chi connectivity index (χ0) is 31.6. The molecular formula is C34H48N8O4. The second kappa shape index (κ2) is 13.6. The van der Waals surface area contributed by atoms with Gasteiger partial charge in [-0.2, -0.15) is 0 Å². The fraction of sp³-hybridized carbons (Fsp3) is 0.647. The highest BCUT2D eigenvalue weighted by Crippen LogP contribution is 2.33. The Morgan fingerprint density at radius 2 is 1.02 bits per heavy atom. The van der Waals surface area contributed by atoms with Gasteiger partial charge in [-0.1, -0.05) is 0 Å². The molecule has 0 bridgehead atoms. The van der Waals surface area contributed by atoms with E-state index in [9.17, 15) is 19.2 Å². The molecule has 2 aromatic rings. The van der Waals surface area contributed by atoms with Crippen molar-refractivity contribution in [2.45, 2.75) is 114 Å². The average molecular weight is 633 g/mol. The van der Waals surface area contributed by atoms with E-state index in [4.69, 9.17) is 0 Å². The second-order valence-corrected chi connectivity index (χ2v) is 14.2. The van der Waals surface area contributed by atoms with Gasteiger partial charge in [0, 0.05) is 37.6 Å². The monoisotopic (exact) mass is 632 g/mol. The van der Waals surface area contributed by atoms with E-state index in [1.165, 1.54) is 25.7 Å². The number of carbonyl (C=O) groups excluding carboxylic acids is 4. The molecule has 2 unspecified atom stereocenters. The number of amides is 4. The Balaban J connectivity index is 0.927. The SMILES string of the molecule is O=C(NC1CCC(NC(=O)c2cc(NC(=O)C3CCCN3)cn2CC2CC2)CC1)c1cc(NC(=O)C2CCCN2)cn1CC1CC1. The van der Waals surface area contributed by atoms with E-state index in [1.807, 2.05) is 21.5 Å². The van der Waals surface area contributed by atoms with Gasteiger partial charge in [-0.05, 0) is 114 Å². The van der Waals surface area contributed by atoms with Gasteiger partial charge in [0.1, 0.15) is 11.4 Å². The van der Waals surface area contributed by atoms with Crippen molar-refractivity contribution < 1.29 is 19.2 Å². The summed E-state index contributed by atoms with van der Waals surface area (Å²) in [5.41, 5.74) is 2.50. The maximum absolute atomic E-state index is 13.5. The molecule has 6 N–H and O–H groups in total. The first-order valence-corrected chi connectivity index (χ1v) is 17.5. The number of hydrogen-bond acceptors (Lipinski definition) is 6. The number of hydrogen-bond donors (Lipinski definition) is 6. The van der Waals surface area contributed by atoms with Crippen LogP contribution in [-0.2, 0) is 22.7 Å². The molecule has 46 heavy (non-hydrogen) atoms. The molecule has 4 amide bonds. The van der Waals surface area contributed by atoms with Crippen LogP contribution >= 0.6 is 0 Å². The largest absolute Gasteiger partial charge is 0.348 e. The lowest BCUT2D eigenvalue weighted by molar-refractivity contribution is -0.118. The molecule has 3 saturated carbocycles. The van der Waals surface area contributed by atoms with Crippen LogP contribution in [0.15, 0.2) is 24.5 Å². The van der Waals surface area contributed by atoms with Crippen molar-refractivity contribution in [2.75, 3.05) is 23.7 Å². The highest BCUT2D eigenvalue weighted by Gasteiger charge is 2.30. The van der Waals surface area contributed by atoms with Crippen LogP contribution in [0.3, 0.4) is 0 Å². The highest BCUT2D eigenvalue weighted by molar-refractivity contribution is 5.99. The normalized spacial score (nSPS) is 26.1. The van der Waals surface area contributed by atoms with Crippen LogP contribution < -0.4 is 31.9 Å². The molecule has 2 aliphatic heterocycles. The maximum atomic E-state index is 13.5. The van der Waals surface area contributed by atoms with Gasteiger partial charge < -0.3 is 41.0 Å². The molecule has 2 aromatic heterocycles. The molecule has 2 atom stereocenters. The van der Waals surface area contributed by atoms with Crippen LogP contribution in [0.4, 0.5) is 11.4 Å². The van der Waals surface area contributed by atoms with Crippen LogP contribution in [0.2, 0.25) is 0 Å². The Bertz CT molecular complexity index is 1330. The van der Waals surface area contributed by atoms with E-state index >= 15 is 0 Å². The molecule has 12 nitrogen and oxygen atoms in total. The van der Waals surface area contributed by atoms with Gasteiger partial charge in [0.15, 0.2) is 0 Å². The first-order valence-electron chi connectivity index (χ1n) is 17.5. The summed E-state index contributed by atoms with van der Waals surface area (Å²) in [7, 11) is 0. The lowest BCUT2D eigenvalue weighted by Crippen LogP contribution is -2.44. The van der Waals surface area contributed by atoms with Gasteiger partial charge in [0.2, 0.25) is 11.8 Å². The van der Waals surface area contributed by atoms with E-state index < -0.39 is 0 Å². The van der Waals surface area contributed by atoms with Crippen molar-refractivity contribution in [2.24, 2.45) is 11.8 Å². The first kappa shape index (κ1) is 31.0. The van der Waals surface area contributed by atoms with E-state index in [1.54, 1.807) is 12.1 Å². The van der Waals surface area contributed by atoms with Gasteiger partial charge in [-0.25, -0.2) is 0 Å². The van der Waals surface area contributed by atoms with Gasteiger partial charge in [0.05, 0.1) is 23.5 Å². The summed E-state index contributed by atoms with van der Waals surface area (Å²) in [6.07, 6.45) is 15.2. The first-order chi connectivity index (χ1) is 22.4. The topological polar surface area (TPSA) is 150 Å². The smallest absolute Gasteiger partial charge is 0.268 e. The lowest BCUT2D eigenvalue weighted by atomic mass is 9.91. The van der Waals surface area contributed by atoms with Crippen molar-refractivity contribution in [3.05, 3.63) is 35.9 Å². The van der Waals surface area contributed by atoms with Crippen molar-refractivity contribution >= 4 is 35.0 Å². The van der Waals surface area contributed by atoms with Crippen molar-refractivity contribution in [3.63, 3.8) is 0 Å². The van der Waals surface area contributed by atoms with Crippen LogP contribution in [-0.4, -0.2) is 70.0 Å². The zero-order valence-corrected chi connectivity index (χ0v) is 26.6. The molecule has 0 aromatic carbocycles. The Labute approximate surface area is 270 Å². The fourth-order valence-corrected chi connectivity index (χ4v) is 7.17. The number of nitrogens with zero attached hydrogens (tertiary/aromatic N) is 2. The number of rotatable bonds is 12. The summed E-state index contributed by atoms with van der Waals surface area (Å²) in [6, 6.07) is 3.29. The molecule has 5 fully saturated rings. The van der Waals surface area contributed by atoms with Crippen LogP contribution in [0.1, 0.15) is 98.0 Å². The van der Waals surface area contributed by atoms with Crippen molar-refractivity contribution in [3.8, 4) is 0 Å². The minimum atomic E-state index is -0.177. The average Bonchev–Trinajstić information content (AvgIpc) is 3.71.